The fourth-order valence-electron chi connectivity index (χ4n) is 2.66. The van der Waals surface area contributed by atoms with Crippen molar-refractivity contribution in [3.05, 3.63) is 22.4 Å². The molecule has 1 aliphatic rings. The number of rotatable bonds is 6. The molecule has 1 unspecified atom stereocenters. The van der Waals surface area contributed by atoms with Crippen LogP contribution in [0.2, 0.25) is 0 Å². The summed E-state index contributed by atoms with van der Waals surface area (Å²) in [5.41, 5.74) is 0. The van der Waals surface area contributed by atoms with Gasteiger partial charge in [-0.05, 0) is 37.3 Å². The third kappa shape index (κ3) is 5.13. The summed E-state index contributed by atoms with van der Waals surface area (Å²) in [5.74, 6) is -0.900. The van der Waals surface area contributed by atoms with E-state index in [-0.39, 0.29) is 12.5 Å². The fourth-order valence-corrected chi connectivity index (χ4v) is 3.37. The van der Waals surface area contributed by atoms with Crippen molar-refractivity contribution in [2.45, 2.75) is 38.1 Å². The predicted octanol–water partition coefficient (Wildman–Crippen LogP) is 1.74. The smallest absolute Gasteiger partial charge is 0.320 e. The molecule has 5 nitrogen and oxygen atoms in total. The fraction of sp³-hybridized carbons (Fsp3) is 0.600. The largest absolute Gasteiger partial charge is 0.480 e. The first-order valence-electron chi connectivity index (χ1n) is 7.43. The maximum absolute atomic E-state index is 12.0. The number of likely N-dealkylation sites (tertiary alicyclic amines) is 1. The number of amides is 1. The minimum atomic E-state index is -0.816. The van der Waals surface area contributed by atoms with Crippen LogP contribution in [0, 0.1) is 0 Å². The number of carboxylic acids is 1. The summed E-state index contributed by atoms with van der Waals surface area (Å²) in [6, 6.07) is 3.53. The third-order valence-corrected chi connectivity index (χ3v) is 4.71. The zero-order valence-electron chi connectivity index (χ0n) is 12.1. The van der Waals surface area contributed by atoms with Crippen LogP contribution in [-0.2, 0) is 16.0 Å². The third-order valence-electron chi connectivity index (χ3n) is 3.77. The summed E-state index contributed by atoms with van der Waals surface area (Å²) in [6.45, 7) is 1.47. The van der Waals surface area contributed by atoms with Gasteiger partial charge in [0.15, 0.2) is 0 Å². The van der Waals surface area contributed by atoms with E-state index < -0.39 is 12.0 Å². The van der Waals surface area contributed by atoms with Crippen LogP contribution in [0.15, 0.2) is 17.5 Å². The molecule has 0 aliphatic carbocycles. The number of nitrogens with one attached hydrogen (secondary N) is 1. The number of hydrogen-bond donors (Lipinski definition) is 2. The number of aliphatic carboxylic acids is 1. The Hall–Kier alpha value is -1.40. The van der Waals surface area contributed by atoms with Gasteiger partial charge in [0.25, 0.3) is 0 Å². The molecule has 0 radical (unpaired) electrons. The molecular formula is C15H22N2O3S. The van der Waals surface area contributed by atoms with Gasteiger partial charge in [-0.1, -0.05) is 18.9 Å². The van der Waals surface area contributed by atoms with Crippen molar-refractivity contribution in [2.75, 3.05) is 19.6 Å². The lowest BCUT2D eigenvalue weighted by Gasteiger charge is -2.25. The normalized spacial score (nSPS) is 19.9. The summed E-state index contributed by atoms with van der Waals surface area (Å²) in [5, 5.41) is 14.2. The molecule has 1 saturated heterocycles. The molecule has 2 N–H and O–H groups in total. The lowest BCUT2D eigenvalue weighted by atomic mass is 10.1. The van der Waals surface area contributed by atoms with E-state index in [1.165, 1.54) is 4.88 Å². The number of thiophene rings is 1. The first kappa shape index (κ1) is 16.0. The summed E-state index contributed by atoms with van der Waals surface area (Å²) in [7, 11) is 0. The van der Waals surface area contributed by atoms with Crippen molar-refractivity contribution in [2.24, 2.45) is 0 Å². The van der Waals surface area contributed by atoms with Crippen molar-refractivity contribution in [3.63, 3.8) is 0 Å². The predicted molar refractivity (Wildman–Crippen MR) is 82.5 cm³/mol. The molecule has 0 bridgehead atoms. The van der Waals surface area contributed by atoms with E-state index in [0.29, 0.717) is 19.5 Å². The van der Waals surface area contributed by atoms with E-state index in [0.717, 1.165) is 25.7 Å². The van der Waals surface area contributed by atoms with Crippen LogP contribution in [0.3, 0.4) is 0 Å². The van der Waals surface area contributed by atoms with Gasteiger partial charge >= 0.3 is 5.97 Å². The van der Waals surface area contributed by atoms with Gasteiger partial charge < -0.3 is 10.4 Å². The number of carbonyl (C=O) groups is 2. The van der Waals surface area contributed by atoms with E-state index in [9.17, 15) is 14.7 Å². The van der Waals surface area contributed by atoms with Crippen LogP contribution < -0.4 is 5.32 Å². The Morgan fingerprint density at radius 1 is 1.38 bits per heavy atom. The average molecular weight is 310 g/mol. The quantitative estimate of drug-likeness (QED) is 0.839. The molecule has 0 spiro atoms. The van der Waals surface area contributed by atoms with Gasteiger partial charge in [-0.15, -0.1) is 11.3 Å². The highest BCUT2D eigenvalue weighted by Crippen LogP contribution is 2.16. The number of carboxylic acid groups (broad SMARTS) is 1. The zero-order valence-corrected chi connectivity index (χ0v) is 12.9. The minimum Gasteiger partial charge on any atom is -0.480 e. The molecule has 1 atom stereocenters. The summed E-state index contributed by atoms with van der Waals surface area (Å²) < 4.78 is 0. The van der Waals surface area contributed by atoms with Crippen molar-refractivity contribution in [3.8, 4) is 0 Å². The second-order valence-electron chi connectivity index (χ2n) is 5.35. The molecular weight excluding hydrogens is 288 g/mol. The number of hydrogen-bond acceptors (Lipinski definition) is 4. The van der Waals surface area contributed by atoms with Gasteiger partial charge in [0.05, 0.1) is 6.54 Å². The van der Waals surface area contributed by atoms with Crippen LogP contribution >= 0.6 is 11.3 Å². The van der Waals surface area contributed by atoms with Crippen LogP contribution in [-0.4, -0.2) is 47.6 Å². The van der Waals surface area contributed by atoms with Gasteiger partial charge in [-0.2, -0.15) is 0 Å². The van der Waals surface area contributed by atoms with Crippen LogP contribution in [0.4, 0.5) is 0 Å². The second kappa shape index (κ2) is 8.14. The second-order valence-corrected chi connectivity index (χ2v) is 6.39. The van der Waals surface area contributed by atoms with E-state index in [1.807, 2.05) is 17.5 Å². The van der Waals surface area contributed by atoms with Gasteiger partial charge in [-0.3, -0.25) is 14.5 Å². The molecule has 1 amide bonds. The minimum absolute atomic E-state index is 0.0836. The van der Waals surface area contributed by atoms with E-state index in [2.05, 4.69) is 5.32 Å². The number of nitrogens with zero attached hydrogens (tertiary/aromatic N) is 1. The Bertz CT molecular complexity index is 461. The van der Waals surface area contributed by atoms with E-state index >= 15 is 0 Å². The molecule has 1 fully saturated rings. The Balaban J connectivity index is 1.77. The van der Waals surface area contributed by atoms with Crippen LogP contribution in [0.25, 0.3) is 0 Å². The molecule has 1 aromatic heterocycles. The summed E-state index contributed by atoms with van der Waals surface area (Å²) >= 11 is 1.68. The molecule has 116 valence electrons. The average Bonchev–Trinajstić information content (AvgIpc) is 2.84. The van der Waals surface area contributed by atoms with E-state index in [1.54, 1.807) is 16.2 Å². The molecule has 2 rings (SSSR count). The highest BCUT2D eigenvalue weighted by Gasteiger charge is 2.28. The molecule has 0 aromatic carbocycles. The lowest BCUT2D eigenvalue weighted by molar-refractivity contribution is -0.144. The Kier molecular flexibility index (Phi) is 6.20. The monoisotopic (exact) mass is 310 g/mol. The highest BCUT2D eigenvalue weighted by molar-refractivity contribution is 7.09. The van der Waals surface area contributed by atoms with Gasteiger partial charge in [0, 0.05) is 11.4 Å². The first-order chi connectivity index (χ1) is 10.2. The van der Waals surface area contributed by atoms with Crippen molar-refractivity contribution in [1.82, 2.24) is 10.2 Å². The Morgan fingerprint density at radius 2 is 2.24 bits per heavy atom. The Labute approximate surface area is 129 Å². The lowest BCUT2D eigenvalue weighted by Crippen LogP contribution is -2.46. The van der Waals surface area contributed by atoms with Crippen molar-refractivity contribution >= 4 is 23.2 Å². The maximum atomic E-state index is 12.0. The van der Waals surface area contributed by atoms with Gasteiger partial charge in [0.2, 0.25) is 5.91 Å². The van der Waals surface area contributed by atoms with E-state index in [4.69, 9.17) is 0 Å². The molecule has 1 aliphatic heterocycles. The first-order valence-corrected chi connectivity index (χ1v) is 8.30. The molecule has 0 saturated carbocycles. The Morgan fingerprint density at radius 3 is 2.95 bits per heavy atom. The van der Waals surface area contributed by atoms with Crippen LogP contribution in [0.1, 0.15) is 30.6 Å². The zero-order chi connectivity index (χ0) is 15.1. The number of carbonyl (C=O) groups excluding carboxylic acids is 1. The van der Waals surface area contributed by atoms with Crippen molar-refractivity contribution < 1.29 is 14.7 Å². The summed E-state index contributed by atoms with van der Waals surface area (Å²) in [4.78, 5) is 26.3. The SMILES string of the molecule is O=C(CN1CCCCCC1C(=O)O)NCCc1cccs1. The summed E-state index contributed by atoms with van der Waals surface area (Å²) in [6.07, 6.45) is 4.39. The van der Waals surface area contributed by atoms with Crippen molar-refractivity contribution in [1.29, 1.82) is 0 Å². The maximum Gasteiger partial charge on any atom is 0.320 e. The van der Waals surface area contributed by atoms with Crippen LogP contribution in [0.5, 0.6) is 0 Å². The van der Waals surface area contributed by atoms with Gasteiger partial charge in [0.1, 0.15) is 6.04 Å². The molecule has 6 heteroatoms. The topological polar surface area (TPSA) is 69.6 Å². The standard InChI is InChI=1S/C15H22N2O3S/c18-14(16-8-7-12-5-4-10-21-12)11-17-9-3-1-2-6-13(17)15(19)20/h4-5,10,13H,1-3,6-9,11H2,(H,16,18)(H,19,20). The van der Waals surface area contributed by atoms with Gasteiger partial charge in [-0.25, -0.2) is 0 Å². The molecule has 1 aromatic rings. The highest BCUT2D eigenvalue weighted by atomic mass is 32.1. The molecule has 2 heterocycles. The molecule has 21 heavy (non-hydrogen) atoms.